The van der Waals surface area contributed by atoms with Gasteiger partial charge in [-0.1, -0.05) is 40.0 Å². The molecular formula is C24H38O4. The number of hydrogen-bond donors (Lipinski definition) is 2. The standard InChI is InChI=1S/C24H38O4/c1-23(2,3)12-8-4-6-10-19-16-21(26)17-20(22(19)27)11-7-5-9-13-24(14-15-24)28-18-25/h16-18,26-27H,4-15H2,1-3H3. The van der Waals surface area contributed by atoms with Crippen LogP contribution in [0.15, 0.2) is 12.1 Å². The van der Waals surface area contributed by atoms with Gasteiger partial charge < -0.3 is 14.9 Å². The summed E-state index contributed by atoms with van der Waals surface area (Å²) in [5, 5.41) is 20.6. The van der Waals surface area contributed by atoms with Crippen LogP contribution < -0.4 is 0 Å². The van der Waals surface area contributed by atoms with Gasteiger partial charge in [-0.3, -0.25) is 4.79 Å². The smallest absolute Gasteiger partial charge is 0.293 e. The van der Waals surface area contributed by atoms with Crippen molar-refractivity contribution >= 4 is 6.47 Å². The van der Waals surface area contributed by atoms with Crippen LogP contribution in [0.2, 0.25) is 0 Å². The van der Waals surface area contributed by atoms with E-state index in [2.05, 4.69) is 20.8 Å². The minimum atomic E-state index is -0.172. The zero-order valence-electron chi connectivity index (χ0n) is 17.9. The predicted molar refractivity (Wildman–Crippen MR) is 113 cm³/mol. The van der Waals surface area contributed by atoms with E-state index in [1.54, 1.807) is 12.1 Å². The topological polar surface area (TPSA) is 66.8 Å². The van der Waals surface area contributed by atoms with Gasteiger partial charge >= 0.3 is 0 Å². The molecule has 0 amide bonds. The van der Waals surface area contributed by atoms with Gasteiger partial charge in [0.15, 0.2) is 0 Å². The molecule has 4 heteroatoms. The molecule has 0 atom stereocenters. The highest BCUT2D eigenvalue weighted by molar-refractivity contribution is 5.46. The highest BCUT2D eigenvalue weighted by Gasteiger charge is 2.44. The molecule has 28 heavy (non-hydrogen) atoms. The van der Waals surface area contributed by atoms with Crippen LogP contribution in [0.5, 0.6) is 11.5 Å². The monoisotopic (exact) mass is 390 g/mol. The maximum atomic E-state index is 10.6. The Kier molecular flexibility index (Phi) is 8.21. The average molecular weight is 391 g/mol. The van der Waals surface area contributed by atoms with Gasteiger partial charge in [0, 0.05) is 0 Å². The van der Waals surface area contributed by atoms with Gasteiger partial charge in [0.1, 0.15) is 17.1 Å². The molecule has 1 saturated carbocycles. The van der Waals surface area contributed by atoms with Crippen molar-refractivity contribution in [3.8, 4) is 11.5 Å². The van der Waals surface area contributed by atoms with Gasteiger partial charge in [-0.05, 0) is 86.5 Å². The van der Waals surface area contributed by atoms with Gasteiger partial charge in [0.25, 0.3) is 6.47 Å². The molecular weight excluding hydrogens is 352 g/mol. The summed E-state index contributed by atoms with van der Waals surface area (Å²) < 4.78 is 5.18. The SMILES string of the molecule is CC(C)(C)CCCCCc1cc(O)cc(CCCCCC2(OC=O)CC2)c1O. The van der Waals surface area contributed by atoms with Crippen LogP contribution in [0.4, 0.5) is 0 Å². The van der Waals surface area contributed by atoms with Crippen LogP contribution in [0.25, 0.3) is 0 Å². The second-order valence-corrected chi connectivity index (χ2v) is 9.69. The first kappa shape index (κ1) is 22.6. The molecule has 1 aromatic carbocycles. The predicted octanol–water partition coefficient (Wildman–Crippen LogP) is 6.06. The lowest BCUT2D eigenvalue weighted by Crippen LogP contribution is -2.12. The summed E-state index contributed by atoms with van der Waals surface area (Å²) in [6.45, 7) is 7.36. The summed E-state index contributed by atoms with van der Waals surface area (Å²) in [4.78, 5) is 10.5. The average Bonchev–Trinajstić information content (AvgIpc) is 3.36. The summed E-state index contributed by atoms with van der Waals surface area (Å²) in [7, 11) is 0. The Hall–Kier alpha value is -1.71. The highest BCUT2D eigenvalue weighted by Crippen LogP contribution is 2.43. The highest BCUT2D eigenvalue weighted by atomic mass is 16.5. The van der Waals surface area contributed by atoms with E-state index in [1.165, 1.54) is 12.8 Å². The van der Waals surface area contributed by atoms with E-state index in [0.29, 0.717) is 17.6 Å². The van der Waals surface area contributed by atoms with Crippen molar-refractivity contribution in [3.63, 3.8) is 0 Å². The Balaban J connectivity index is 1.74. The van der Waals surface area contributed by atoms with Gasteiger partial charge in [0.2, 0.25) is 0 Å². The molecule has 2 N–H and O–H groups in total. The zero-order valence-corrected chi connectivity index (χ0v) is 17.9. The third-order valence-electron chi connectivity index (χ3n) is 5.81. The number of carbonyl (C=O) groups is 1. The maximum absolute atomic E-state index is 10.6. The molecule has 1 aliphatic carbocycles. The van der Waals surface area contributed by atoms with Gasteiger partial charge in [0.05, 0.1) is 0 Å². The lowest BCUT2D eigenvalue weighted by molar-refractivity contribution is -0.135. The van der Waals surface area contributed by atoms with Crippen LogP contribution in [0.1, 0.15) is 96.1 Å². The van der Waals surface area contributed by atoms with E-state index in [0.717, 1.165) is 75.3 Å². The number of phenolic OH excluding ortho intramolecular Hbond substituents is 2. The number of carbonyl (C=O) groups excluding carboxylic acids is 1. The third-order valence-corrected chi connectivity index (χ3v) is 5.81. The van der Waals surface area contributed by atoms with E-state index in [-0.39, 0.29) is 11.4 Å². The molecule has 1 aliphatic rings. The summed E-state index contributed by atoms with van der Waals surface area (Å²) >= 11 is 0. The second-order valence-electron chi connectivity index (χ2n) is 9.69. The molecule has 0 aromatic heterocycles. The number of phenols is 2. The minimum absolute atomic E-state index is 0.172. The molecule has 2 rings (SSSR count). The fourth-order valence-electron chi connectivity index (χ4n) is 3.88. The molecule has 0 heterocycles. The minimum Gasteiger partial charge on any atom is -0.508 e. The Labute approximate surface area is 170 Å². The molecule has 0 bridgehead atoms. The number of aryl methyl sites for hydroxylation is 2. The normalized spacial score (nSPS) is 15.4. The Morgan fingerprint density at radius 1 is 0.964 bits per heavy atom. The summed E-state index contributed by atoms with van der Waals surface area (Å²) in [5.74, 6) is 0.602. The van der Waals surface area contributed by atoms with E-state index >= 15 is 0 Å². The Bertz CT molecular complexity index is 626. The quantitative estimate of drug-likeness (QED) is 0.244. The maximum Gasteiger partial charge on any atom is 0.293 e. The largest absolute Gasteiger partial charge is 0.508 e. The molecule has 0 saturated heterocycles. The summed E-state index contributed by atoms with van der Waals surface area (Å²) in [5.41, 5.74) is 1.91. The molecule has 1 fully saturated rings. The van der Waals surface area contributed by atoms with Crippen LogP contribution in [-0.4, -0.2) is 22.3 Å². The van der Waals surface area contributed by atoms with Crippen molar-refractivity contribution in [1.82, 2.24) is 0 Å². The molecule has 0 radical (unpaired) electrons. The molecule has 1 aromatic rings. The van der Waals surface area contributed by atoms with Gasteiger partial charge in [-0.2, -0.15) is 0 Å². The first-order chi connectivity index (χ1) is 13.2. The number of rotatable bonds is 13. The van der Waals surface area contributed by atoms with Crippen molar-refractivity contribution in [2.24, 2.45) is 5.41 Å². The van der Waals surface area contributed by atoms with Crippen molar-refractivity contribution in [1.29, 1.82) is 0 Å². The first-order valence-electron chi connectivity index (χ1n) is 10.9. The fourth-order valence-corrected chi connectivity index (χ4v) is 3.88. The molecule has 4 nitrogen and oxygen atoms in total. The number of ether oxygens (including phenoxy) is 1. The van der Waals surface area contributed by atoms with E-state index in [4.69, 9.17) is 4.74 Å². The Morgan fingerprint density at radius 3 is 2.04 bits per heavy atom. The van der Waals surface area contributed by atoms with Crippen molar-refractivity contribution in [2.45, 2.75) is 103 Å². The molecule has 158 valence electrons. The number of unbranched alkanes of at least 4 members (excludes halogenated alkanes) is 4. The number of benzene rings is 1. The van der Waals surface area contributed by atoms with E-state index in [1.807, 2.05) is 0 Å². The summed E-state index contributed by atoms with van der Waals surface area (Å²) in [6, 6.07) is 3.40. The zero-order chi connectivity index (χ0) is 20.6. The van der Waals surface area contributed by atoms with Crippen molar-refractivity contribution in [3.05, 3.63) is 23.3 Å². The molecule has 0 unspecified atom stereocenters. The fraction of sp³-hybridized carbons (Fsp3) is 0.708. The summed E-state index contributed by atoms with van der Waals surface area (Å²) in [6.07, 6.45) is 12.1. The van der Waals surface area contributed by atoms with Crippen molar-refractivity contribution in [2.75, 3.05) is 0 Å². The van der Waals surface area contributed by atoms with Crippen molar-refractivity contribution < 1.29 is 19.7 Å². The first-order valence-corrected chi connectivity index (χ1v) is 10.9. The number of aromatic hydroxyl groups is 2. The van der Waals surface area contributed by atoms with Crippen LogP contribution in [-0.2, 0) is 22.4 Å². The van der Waals surface area contributed by atoms with Crippen LogP contribution in [0, 0.1) is 5.41 Å². The van der Waals surface area contributed by atoms with Gasteiger partial charge in [-0.15, -0.1) is 0 Å². The lowest BCUT2D eigenvalue weighted by atomic mass is 9.89. The third kappa shape index (κ3) is 7.73. The van der Waals surface area contributed by atoms with Crippen LogP contribution in [0.3, 0.4) is 0 Å². The lowest BCUT2D eigenvalue weighted by Gasteiger charge is -2.17. The second kappa shape index (κ2) is 10.2. The van der Waals surface area contributed by atoms with E-state index < -0.39 is 0 Å². The van der Waals surface area contributed by atoms with Crippen LogP contribution >= 0.6 is 0 Å². The van der Waals surface area contributed by atoms with Gasteiger partial charge in [-0.25, -0.2) is 0 Å². The molecule has 0 spiro atoms. The number of hydrogen-bond acceptors (Lipinski definition) is 4. The molecule has 0 aliphatic heterocycles. The Morgan fingerprint density at radius 2 is 1.54 bits per heavy atom. The van der Waals surface area contributed by atoms with E-state index in [9.17, 15) is 15.0 Å².